The molecule has 0 radical (unpaired) electrons. The van der Waals surface area contributed by atoms with Crippen molar-refractivity contribution in [2.45, 2.75) is 26.7 Å². The van der Waals surface area contributed by atoms with Crippen molar-refractivity contribution in [3.05, 3.63) is 54.0 Å². The van der Waals surface area contributed by atoms with Gasteiger partial charge in [-0.05, 0) is 49.8 Å². The van der Waals surface area contributed by atoms with Gasteiger partial charge in [-0.15, -0.1) is 0 Å². The van der Waals surface area contributed by atoms with Crippen LogP contribution in [0.2, 0.25) is 0 Å². The predicted octanol–water partition coefficient (Wildman–Crippen LogP) is 3.61. The van der Waals surface area contributed by atoms with Crippen molar-refractivity contribution in [3.63, 3.8) is 0 Å². The highest BCUT2D eigenvalue weighted by Gasteiger charge is 2.40. The molecule has 6 nitrogen and oxygen atoms in total. The molecule has 30 heavy (non-hydrogen) atoms. The lowest BCUT2D eigenvalue weighted by molar-refractivity contribution is -0.128. The second kappa shape index (κ2) is 8.94. The maximum absolute atomic E-state index is 12.8. The number of nitrogens with zero attached hydrogens (tertiary/aromatic N) is 2. The number of carbonyl (C=O) groups excluding carboxylic acids is 2. The van der Waals surface area contributed by atoms with Gasteiger partial charge in [0, 0.05) is 39.0 Å². The van der Waals surface area contributed by atoms with Crippen molar-refractivity contribution in [1.82, 2.24) is 9.80 Å². The fourth-order valence-electron chi connectivity index (χ4n) is 4.89. The van der Waals surface area contributed by atoms with E-state index >= 15 is 0 Å². The van der Waals surface area contributed by atoms with Crippen molar-refractivity contribution >= 4 is 11.8 Å². The summed E-state index contributed by atoms with van der Waals surface area (Å²) in [5.41, 5.74) is 0.659. The molecule has 3 heterocycles. The van der Waals surface area contributed by atoms with Crippen molar-refractivity contribution in [2.24, 2.45) is 17.8 Å². The van der Waals surface area contributed by atoms with Crippen molar-refractivity contribution in [3.8, 4) is 5.75 Å². The largest absolute Gasteiger partial charge is 0.493 e. The van der Waals surface area contributed by atoms with Crippen LogP contribution in [0.3, 0.4) is 0 Å². The minimum atomic E-state index is 0.0560. The molecule has 4 rings (SSSR count). The first kappa shape index (κ1) is 20.5. The van der Waals surface area contributed by atoms with Gasteiger partial charge in [0.15, 0.2) is 0 Å². The maximum Gasteiger partial charge on any atom is 0.257 e. The van der Waals surface area contributed by atoms with Gasteiger partial charge in [0.05, 0.1) is 18.4 Å². The lowest BCUT2D eigenvalue weighted by atomic mass is 9.78. The summed E-state index contributed by atoms with van der Waals surface area (Å²) < 4.78 is 11.3. The van der Waals surface area contributed by atoms with E-state index in [1.165, 1.54) is 0 Å². The Balaban J connectivity index is 1.38. The van der Waals surface area contributed by atoms with Gasteiger partial charge in [0.25, 0.3) is 5.91 Å². The highest BCUT2D eigenvalue weighted by molar-refractivity contribution is 5.95. The van der Waals surface area contributed by atoms with E-state index in [1.54, 1.807) is 19.3 Å². The molecule has 0 bridgehead atoms. The number of aryl methyl sites for hydroxylation is 1. The van der Waals surface area contributed by atoms with Crippen LogP contribution >= 0.6 is 0 Å². The van der Waals surface area contributed by atoms with E-state index in [0.717, 1.165) is 44.8 Å². The number of hydrogen-bond acceptors (Lipinski definition) is 4. The van der Waals surface area contributed by atoms with Crippen LogP contribution in [0.15, 0.2) is 47.1 Å². The Bertz CT molecular complexity index is 870. The quantitative estimate of drug-likeness (QED) is 0.755. The van der Waals surface area contributed by atoms with E-state index < -0.39 is 0 Å². The average molecular weight is 411 g/mol. The molecule has 2 fully saturated rings. The molecule has 1 aromatic carbocycles. The van der Waals surface area contributed by atoms with E-state index in [-0.39, 0.29) is 11.8 Å². The summed E-state index contributed by atoms with van der Waals surface area (Å²) >= 11 is 0. The Kier molecular flexibility index (Phi) is 6.11. The van der Waals surface area contributed by atoms with E-state index in [1.807, 2.05) is 47.1 Å². The fourth-order valence-corrected chi connectivity index (χ4v) is 4.89. The first-order valence-corrected chi connectivity index (χ1v) is 10.8. The summed E-state index contributed by atoms with van der Waals surface area (Å²) in [6.07, 6.45) is 3.49. The molecule has 2 aromatic rings. The number of likely N-dealkylation sites (tertiary alicyclic amines) is 2. The first-order valence-electron chi connectivity index (χ1n) is 10.8. The summed E-state index contributed by atoms with van der Waals surface area (Å²) in [7, 11) is 0. The van der Waals surface area contributed by atoms with Gasteiger partial charge in [0.1, 0.15) is 11.5 Å². The van der Waals surface area contributed by atoms with Crippen LogP contribution in [-0.2, 0) is 4.79 Å². The summed E-state index contributed by atoms with van der Waals surface area (Å²) in [6.45, 7) is 7.12. The fraction of sp³-hybridized carbons (Fsp3) is 0.500. The molecule has 2 aliphatic heterocycles. The van der Waals surface area contributed by atoms with E-state index in [2.05, 4.69) is 0 Å². The van der Waals surface area contributed by atoms with Crippen LogP contribution in [0.5, 0.6) is 5.75 Å². The van der Waals surface area contributed by atoms with E-state index in [4.69, 9.17) is 9.15 Å². The summed E-state index contributed by atoms with van der Waals surface area (Å²) in [5.74, 6) is 2.95. The number of rotatable bonds is 5. The molecule has 0 saturated carbocycles. The molecule has 2 aliphatic rings. The monoisotopic (exact) mass is 410 g/mol. The smallest absolute Gasteiger partial charge is 0.257 e. The van der Waals surface area contributed by atoms with Gasteiger partial charge in [-0.25, -0.2) is 0 Å². The zero-order valence-corrected chi connectivity index (χ0v) is 17.8. The van der Waals surface area contributed by atoms with Crippen molar-refractivity contribution in [1.29, 1.82) is 0 Å². The Morgan fingerprint density at radius 3 is 2.43 bits per heavy atom. The minimum absolute atomic E-state index is 0.0560. The Hall–Kier alpha value is -2.76. The van der Waals surface area contributed by atoms with Gasteiger partial charge in [-0.2, -0.15) is 0 Å². The summed E-state index contributed by atoms with van der Waals surface area (Å²) in [5, 5.41) is 0. The van der Waals surface area contributed by atoms with Crippen molar-refractivity contribution < 1.29 is 18.7 Å². The van der Waals surface area contributed by atoms with Gasteiger partial charge in [0.2, 0.25) is 5.91 Å². The molecule has 0 spiro atoms. The number of furan rings is 1. The van der Waals surface area contributed by atoms with Crippen LogP contribution in [0.25, 0.3) is 0 Å². The third-order valence-electron chi connectivity index (χ3n) is 6.67. The van der Waals surface area contributed by atoms with Crippen molar-refractivity contribution in [2.75, 3.05) is 32.8 Å². The molecule has 2 amide bonds. The summed E-state index contributed by atoms with van der Waals surface area (Å²) in [4.78, 5) is 28.7. The molecule has 0 unspecified atom stereocenters. The molecule has 1 aromatic heterocycles. The topological polar surface area (TPSA) is 63.0 Å². The maximum atomic E-state index is 12.8. The van der Waals surface area contributed by atoms with E-state index in [0.29, 0.717) is 35.7 Å². The lowest BCUT2D eigenvalue weighted by Crippen LogP contribution is -2.41. The number of benzene rings is 1. The van der Waals surface area contributed by atoms with Crippen LogP contribution in [0.4, 0.5) is 0 Å². The first-order chi connectivity index (χ1) is 14.5. The van der Waals surface area contributed by atoms with E-state index in [9.17, 15) is 9.59 Å². The number of amides is 2. The zero-order chi connectivity index (χ0) is 21.1. The number of carbonyl (C=O) groups is 2. The highest BCUT2D eigenvalue weighted by atomic mass is 16.5. The Morgan fingerprint density at radius 2 is 1.80 bits per heavy atom. The third-order valence-corrected chi connectivity index (χ3v) is 6.67. The van der Waals surface area contributed by atoms with Crippen LogP contribution in [0, 0.1) is 24.7 Å². The van der Waals surface area contributed by atoms with Gasteiger partial charge in [-0.3, -0.25) is 9.59 Å². The van der Waals surface area contributed by atoms with Gasteiger partial charge < -0.3 is 19.0 Å². The summed E-state index contributed by atoms with van der Waals surface area (Å²) in [6, 6.07) is 11.6. The molecule has 160 valence electrons. The highest BCUT2D eigenvalue weighted by Crippen LogP contribution is 2.36. The normalized spacial score (nSPS) is 22.3. The lowest BCUT2D eigenvalue weighted by Gasteiger charge is -2.36. The number of para-hydroxylation sites is 1. The molecule has 2 atom stereocenters. The second-order valence-corrected chi connectivity index (χ2v) is 8.49. The number of hydrogen-bond donors (Lipinski definition) is 0. The average Bonchev–Trinajstić information content (AvgIpc) is 3.39. The van der Waals surface area contributed by atoms with Crippen LogP contribution in [0.1, 0.15) is 35.9 Å². The molecule has 0 aliphatic carbocycles. The molecular formula is C24H30N2O4. The van der Waals surface area contributed by atoms with Gasteiger partial charge >= 0.3 is 0 Å². The predicted molar refractivity (Wildman–Crippen MR) is 113 cm³/mol. The minimum Gasteiger partial charge on any atom is -0.493 e. The Morgan fingerprint density at radius 1 is 1.07 bits per heavy atom. The zero-order valence-electron chi connectivity index (χ0n) is 17.8. The Labute approximate surface area is 177 Å². The standard InChI is InChI=1S/C24H30N2O4/c1-17-22(10-13-29-17)24(28)25-11-8-19(9-12-25)23-15-26(18(2)27)14-20(23)16-30-21-6-4-3-5-7-21/h3-7,10,13,19-20,23H,8-9,11-12,14-16H2,1-2H3/t20-,23-/m0/s1. The number of ether oxygens (including phenoxy) is 1. The molecule has 6 heteroatoms. The number of piperidine rings is 1. The van der Waals surface area contributed by atoms with Crippen LogP contribution in [-0.4, -0.2) is 54.4 Å². The SMILES string of the molecule is CC(=O)N1C[C@@H](COc2ccccc2)[C@H](C2CCN(C(=O)c3ccoc3C)CC2)C1. The van der Waals surface area contributed by atoms with Gasteiger partial charge in [-0.1, -0.05) is 18.2 Å². The molecule has 0 N–H and O–H groups in total. The molecular weight excluding hydrogens is 380 g/mol. The molecule has 2 saturated heterocycles. The second-order valence-electron chi connectivity index (χ2n) is 8.49. The van der Waals surface area contributed by atoms with Crippen LogP contribution < -0.4 is 4.74 Å². The third kappa shape index (κ3) is 4.37.